The molecule has 0 radical (unpaired) electrons. The van der Waals surface area contributed by atoms with E-state index in [4.69, 9.17) is 0 Å². The van der Waals surface area contributed by atoms with E-state index in [2.05, 4.69) is 25.3 Å². The summed E-state index contributed by atoms with van der Waals surface area (Å²) in [6.45, 7) is 0. The van der Waals surface area contributed by atoms with E-state index in [1.165, 1.54) is 0 Å². The fraction of sp³-hybridized carbons (Fsp3) is 0. The van der Waals surface area contributed by atoms with E-state index < -0.39 is 0 Å². The number of carbonyl (C=O) groups is 1. The van der Waals surface area contributed by atoms with Gasteiger partial charge in [0.1, 0.15) is 0 Å². The third-order valence-corrected chi connectivity index (χ3v) is 3.27. The molecule has 7 nitrogen and oxygen atoms in total. The van der Waals surface area contributed by atoms with Gasteiger partial charge in [-0.2, -0.15) is 0 Å². The van der Waals surface area contributed by atoms with Crippen LogP contribution in [0.2, 0.25) is 0 Å². The number of rotatable bonds is 1. The van der Waals surface area contributed by atoms with Crippen molar-refractivity contribution in [2.75, 3.05) is 5.32 Å². The van der Waals surface area contributed by atoms with E-state index in [1.54, 1.807) is 30.7 Å². The number of nitrogens with zero attached hydrogens (tertiary/aromatic N) is 1. The summed E-state index contributed by atoms with van der Waals surface area (Å²) in [6, 6.07) is 3.53. The van der Waals surface area contributed by atoms with Crippen LogP contribution in [0.25, 0.3) is 22.7 Å². The number of aromatic nitrogens is 4. The Morgan fingerprint density at radius 3 is 2.85 bits per heavy atom. The van der Waals surface area contributed by atoms with Gasteiger partial charge in [-0.1, -0.05) is 0 Å². The molecule has 1 aliphatic rings. The lowest BCUT2D eigenvalue weighted by Crippen LogP contribution is -2.03. The Morgan fingerprint density at radius 1 is 1.15 bits per heavy atom. The maximum absolute atomic E-state index is 12.1. The Labute approximate surface area is 111 Å². The van der Waals surface area contributed by atoms with Crippen LogP contribution in [0.1, 0.15) is 11.3 Å². The van der Waals surface area contributed by atoms with Crippen molar-refractivity contribution in [3.05, 3.63) is 46.4 Å². The van der Waals surface area contributed by atoms with Gasteiger partial charge >= 0.3 is 5.69 Å². The Hall–Kier alpha value is -3.09. The van der Waals surface area contributed by atoms with E-state index in [9.17, 15) is 9.59 Å². The molecule has 0 spiro atoms. The van der Waals surface area contributed by atoms with Crippen molar-refractivity contribution in [3.8, 4) is 0 Å². The highest BCUT2D eigenvalue weighted by Crippen LogP contribution is 2.36. The summed E-state index contributed by atoms with van der Waals surface area (Å²) in [5, 5.41) is 2.78. The van der Waals surface area contributed by atoms with Crippen LogP contribution in [-0.4, -0.2) is 25.8 Å². The van der Waals surface area contributed by atoms with Crippen LogP contribution < -0.4 is 11.0 Å². The molecule has 3 heterocycles. The first-order valence-corrected chi connectivity index (χ1v) is 5.99. The van der Waals surface area contributed by atoms with Crippen molar-refractivity contribution < 1.29 is 4.79 Å². The molecule has 4 N–H and O–H groups in total. The molecule has 0 bridgehead atoms. The molecule has 0 fully saturated rings. The Balaban J connectivity index is 2.03. The second kappa shape index (κ2) is 3.70. The first-order chi connectivity index (χ1) is 9.72. The van der Waals surface area contributed by atoms with Gasteiger partial charge in [0, 0.05) is 5.56 Å². The van der Waals surface area contributed by atoms with E-state index in [-0.39, 0.29) is 11.6 Å². The van der Waals surface area contributed by atoms with Crippen LogP contribution in [0.5, 0.6) is 0 Å². The van der Waals surface area contributed by atoms with Gasteiger partial charge in [-0.15, -0.1) is 0 Å². The highest BCUT2D eigenvalue weighted by atomic mass is 16.2. The number of anilines is 1. The number of hydrogen-bond acceptors (Lipinski definition) is 3. The summed E-state index contributed by atoms with van der Waals surface area (Å²) in [7, 11) is 0. The number of fused-ring (bicyclic) bond motifs is 3. The number of nitrogens with one attached hydrogen (secondary N) is 4. The van der Waals surface area contributed by atoms with Gasteiger partial charge in [0.05, 0.1) is 40.5 Å². The zero-order valence-corrected chi connectivity index (χ0v) is 10.2. The van der Waals surface area contributed by atoms with E-state index in [1.807, 2.05) is 0 Å². The second-order valence-electron chi connectivity index (χ2n) is 4.51. The highest BCUT2D eigenvalue weighted by Gasteiger charge is 2.27. The zero-order chi connectivity index (χ0) is 13.7. The average molecular weight is 267 g/mol. The van der Waals surface area contributed by atoms with Crippen molar-refractivity contribution in [2.45, 2.75) is 0 Å². The second-order valence-corrected chi connectivity index (χ2v) is 4.51. The molecule has 0 unspecified atom stereocenters. The molecule has 0 saturated carbocycles. The van der Waals surface area contributed by atoms with Crippen LogP contribution >= 0.6 is 0 Å². The van der Waals surface area contributed by atoms with Crippen molar-refractivity contribution >= 4 is 34.3 Å². The van der Waals surface area contributed by atoms with Crippen LogP contribution in [0.4, 0.5) is 5.69 Å². The lowest BCUT2D eigenvalue weighted by molar-refractivity contribution is -0.110. The van der Waals surface area contributed by atoms with Crippen molar-refractivity contribution in [1.29, 1.82) is 0 Å². The molecule has 0 saturated heterocycles. The van der Waals surface area contributed by atoms with Crippen molar-refractivity contribution in [3.63, 3.8) is 0 Å². The molecule has 98 valence electrons. The van der Waals surface area contributed by atoms with Gasteiger partial charge in [-0.3, -0.25) is 4.79 Å². The molecule has 1 amide bonds. The fourth-order valence-corrected chi connectivity index (χ4v) is 2.43. The third-order valence-electron chi connectivity index (χ3n) is 3.27. The SMILES string of the molecule is O=C1Nc2ccc3[nH]c(=O)[nH]c3c2/C1=C/c1cnc[nH]1. The Kier molecular flexibility index (Phi) is 2.00. The molecule has 0 aliphatic carbocycles. The van der Waals surface area contributed by atoms with Gasteiger partial charge in [-0.25, -0.2) is 9.78 Å². The number of H-pyrrole nitrogens is 3. The number of benzene rings is 1. The van der Waals surface area contributed by atoms with Gasteiger partial charge in [0.2, 0.25) is 0 Å². The predicted molar refractivity (Wildman–Crippen MR) is 74.0 cm³/mol. The summed E-state index contributed by atoms with van der Waals surface area (Å²) in [5.41, 5.74) is 3.58. The molecule has 1 aromatic carbocycles. The molecule has 0 atom stereocenters. The minimum Gasteiger partial charge on any atom is -0.345 e. The Morgan fingerprint density at radius 2 is 2.05 bits per heavy atom. The first kappa shape index (κ1) is 10.8. The van der Waals surface area contributed by atoms with Gasteiger partial charge < -0.3 is 20.3 Å². The number of aromatic amines is 3. The average Bonchev–Trinajstić information content (AvgIpc) is 3.09. The molecular weight excluding hydrogens is 258 g/mol. The minimum atomic E-state index is -0.298. The third kappa shape index (κ3) is 1.43. The van der Waals surface area contributed by atoms with Crippen molar-refractivity contribution in [2.24, 2.45) is 0 Å². The summed E-state index contributed by atoms with van der Waals surface area (Å²) >= 11 is 0. The summed E-state index contributed by atoms with van der Waals surface area (Å²) in [4.78, 5) is 35.8. The van der Waals surface area contributed by atoms with E-state index in [0.29, 0.717) is 27.9 Å². The van der Waals surface area contributed by atoms with Gasteiger partial charge in [-0.05, 0) is 18.2 Å². The highest BCUT2D eigenvalue weighted by molar-refractivity contribution is 6.37. The number of amides is 1. The van der Waals surface area contributed by atoms with E-state index in [0.717, 1.165) is 5.69 Å². The van der Waals surface area contributed by atoms with Crippen LogP contribution in [0, 0.1) is 0 Å². The van der Waals surface area contributed by atoms with E-state index >= 15 is 0 Å². The minimum absolute atomic E-state index is 0.204. The zero-order valence-electron chi connectivity index (χ0n) is 10.2. The normalized spacial score (nSPS) is 15.8. The Bertz CT molecular complexity index is 914. The quantitative estimate of drug-likeness (QED) is 0.495. The summed E-state index contributed by atoms with van der Waals surface area (Å²) in [6.07, 6.45) is 4.87. The smallest absolute Gasteiger partial charge is 0.323 e. The van der Waals surface area contributed by atoms with Crippen LogP contribution in [0.3, 0.4) is 0 Å². The fourth-order valence-electron chi connectivity index (χ4n) is 2.43. The maximum Gasteiger partial charge on any atom is 0.323 e. The lowest BCUT2D eigenvalue weighted by Gasteiger charge is -1.99. The summed E-state index contributed by atoms with van der Waals surface area (Å²) in [5.74, 6) is -0.204. The molecule has 1 aliphatic heterocycles. The molecule has 4 rings (SSSR count). The standard InChI is InChI=1S/C13H9N5O2/c19-12-7(3-6-4-14-5-15-6)10-8(16-12)1-2-9-11(10)18-13(20)17-9/h1-5H,(H,14,15)(H,16,19)(H2,17,18,20)/b7-3-. The number of hydrogen-bond donors (Lipinski definition) is 4. The molecule has 7 heteroatoms. The molecule has 3 aromatic rings. The van der Waals surface area contributed by atoms with Gasteiger partial charge in [0.25, 0.3) is 5.91 Å². The summed E-state index contributed by atoms with van der Waals surface area (Å²) < 4.78 is 0. The van der Waals surface area contributed by atoms with Crippen LogP contribution in [-0.2, 0) is 4.79 Å². The topological polar surface area (TPSA) is 106 Å². The maximum atomic E-state index is 12.1. The van der Waals surface area contributed by atoms with Crippen molar-refractivity contribution in [1.82, 2.24) is 19.9 Å². The van der Waals surface area contributed by atoms with Crippen LogP contribution in [0.15, 0.2) is 29.5 Å². The monoisotopic (exact) mass is 267 g/mol. The van der Waals surface area contributed by atoms with Gasteiger partial charge in [0.15, 0.2) is 0 Å². The number of carbonyl (C=O) groups excluding carboxylic acids is 1. The lowest BCUT2D eigenvalue weighted by atomic mass is 10.0. The molecule has 2 aromatic heterocycles. The predicted octanol–water partition coefficient (Wildman–Crippen LogP) is 1.07. The largest absolute Gasteiger partial charge is 0.345 e. The molecule has 20 heavy (non-hydrogen) atoms. The number of imidazole rings is 2. The first-order valence-electron chi connectivity index (χ1n) is 5.99. The molecular formula is C13H9N5O2.